The van der Waals surface area contributed by atoms with Gasteiger partial charge in [-0.25, -0.2) is 0 Å². The number of rotatable bonds is 6. The van der Waals surface area contributed by atoms with E-state index in [9.17, 15) is 0 Å². The first-order valence-corrected chi connectivity index (χ1v) is 23.8. The van der Waals surface area contributed by atoms with E-state index in [-0.39, 0.29) is 0 Å². The van der Waals surface area contributed by atoms with E-state index in [2.05, 4.69) is 156 Å². The second kappa shape index (κ2) is 15.1. The maximum absolute atomic E-state index is 6.69. The molecule has 8 atom stereocenters. The zero-order chi connectivity index (χ0) is 38.9. The number of hydrogen-bond acceptors (Lipinski definition) is 3. The standard InChI is InChI=1S/C56H55NOS/c1-2-14-37(15-3-1)42-23-12-26-49-50-27-13-28-52(56(50)59-55(42)49)57(39-32-30-38(31-33-39)41-22-11-25-48-47-21-8-9-29-53(47)58-54(41)48)51-35-34-45(44-19-6-7-20-46(44)51)43-24-10-17-36-16-4-5-18-40(36)43/h1-4,8,10-12,14,16-17,21-24,26-27,30-35,37,40,43,46,48,51-52,56H,5-7,9,13,15,18-20,25,28-29H2/t37?,40?,43?,46?,48?,51?,52-,56+/m1/s1. The monoisotopic (exact) mass is 789 g/mol. The van der Waals surface area contributed by atoms with Gasteiger partial charge in [0.15, 0.2) is 0 Å². The van der Waals surface area contributed by atoms with E-state index in [1.54, 1.807) is 16.7 Å². The zero-order valence-corrected chi connectivity index (χ0v) is 35.0. The molecule has 2 aromatic carbocycles. The van der Waals surface area contributed by atoms with Crippen molar-refractivity contribution in [1.82, 2.24) is 0 Å². The highest BCUT2D eigenvalue weighted by molar-refractivity contribution is 8.01. The number of nitrogens with zero attached hydrogens (tertiary/aromatic N) is 1. The number of hydrogen-bond donors (Lipinski definition) is 0. The van der Waals surface area contributed by atoms with Gasteiger partial charge in [-0.05, 0) is 116 Å². The Bertz CT molecular complexity index is 2450. The molecule has 0 amide bonds. The number of thioether (sulfide) groups is 1. The van der Waals surface area contributed by atoms with Gasteiger partial charge in [-0.3, -0.25) is 0 Å². The van der Waals surface area contributed by atoms with Crippen LogP contribution in [0.1, 0.15) is 99.7 Å². The summed E-state index contributed by atoms with van der Waals surface area (Å²) in [5, 5.41) is 0.404. The summed E-state index contributed by atoms with van der Waals surface area (Å²) in [4.78, 5) is 4.48. The third-order valence-electron chi connectivity index (χ3n) is 15.3. The van der Waals surface area contributed by atoms with Crippen LogP contribution in [0.15, 0.2) is 178 Å². The van der Waals surface area contributed by atoms with Crippen LogP contribution in [0.5, 0.6) is 0 Å². The topological polar surface area (TPSA) is 12.5 Å². The summed E-state index contributed by atoms with van der Waals surface area (Å²) in [5.41, 5.74) is 14.8. The summed E-state index contributed by atoms with van der Waals surface area (Å²) < 4.78 is 6.69. The summed E-state index contributed by atoms with van der Waals surface area (Å²) in [5.74, 6) is 4.79. The predicted octanol–water partition coefficient (Wildman–Crippen LogP) is 14.2. The van der Waals surface area contributed by atoms with Gasteiger partial charge in [0.25, 0.3) is 0 Å². The molecule has 0 N–H and O–H groups in total. The third kappa shape index (κ3) is 6.12. The van der Waals surface area contributed by atoms with Crippen molar-refractivity contribution in [1.29, 1.82) is 0 Å². The maximum atomic E-state index is 6.69. The van der Waals surface area contributed by atoms with Crippen molar-refractivity contribution in [2.45, 2.75) is 105 Å². The molecule has 10 aliphatic rings. The fourth-order valence-electron chi connectivity index (χ4n) is 12.6. The second-order valence-corrected chi connectivity index (χ2v) is 19.6. The average Bonchev–Trinajstić information content (AvgIpc) is 3.89. The molecule has 12 rings (SSSR count). The van der Waals surface area contributed by atoms with Gasteiger partial charge in [0.1, 0.15) is 11.5 Å². The minimum atomic E-state index is 0.329. The number of ether oxygens (including phenoxy) is 1. The molecular weight excluding hydrogens is 735 g/mol. The smallest absolute Gasteiger partial charge is 0.119 e. The van der Waals surface area contributed by atoms with E-state index < -0.39 is 0 Å². The highest BCUT2D eigenvalue weighted by Gasteiger charge is 2.45. The van der Waals surface area contributed by atoms with Gasteiger partial charge in [-0.2, -0.15) is 0 Å². The number of benzene rings is 2. The molecule has 59 heavy (non-hydrogen) atoms. The Morgan fingerprint density at radius 2 is 1.66 bits per heavy atom. The Kier molecular flexibility index (Phi) is 9.23. The first-order valence-electron chi connectivity index (χ1n) is 22.9. The molecule has 0 spiro atoms. The highest BCUT2D eigenvalue weighted by atomic mass is 32.2. The minimum absolute atomic E-state index is 0.329. The lowest BCUT2D eigenvalue weighted by Gasteiger charge is -2.49. The summed E-state index contributed by atoms with van der Waals surface area (Å²) in [6, 6.07) is 17.7. The molecular formula is C56H55NOS. The largest absolute Gasteiger partial charge is 0.464 e. The molecule has 2 aromatic rings. The van der Waals surface area contributed by atoms with E-state index in [1.165, 1.54) is 94.7 Å². The van der Waals surface area contributed by atoms with Crippen molar-refractivity contribution in [3.8, 4) is 0 Å². The van der Waals surface area contributed by atoms with Crippen molar-refractivity contribution < 1.29 is 4.74 Å². The fraction of sp³-hybridized carbons (Fsp3) is 0.357. The quantitative estimate of drug-likeness (QED) is 0.289. The van der Waals surface area contributed by atoms with Crippen LogP contribution in [-0.4, -0.2) is 17.3 Å². The molecule has 2 nitrogen and oxygen atoms in total. The number of allylic oxidation sites excluding steroid dienone is 20. The van der Waals surface area contributed by atoms with Crippen molar-refractivity contribution in [3.63, 3.8) is 0 Å². The molecule has 2 aliphatic heterocycles. The predicted molar refractivity (Wildman–Crippen MR) is 247 cm³/mol. The Morgan fingerprint density at radius 1 is 0.712 bits per heavy atom. The van der Waals surface area contributed by atoms with Gasteiger partial charge in [0.05, 0.1) is 11.3 Å². The summed E-state index contributed by atoms with van der Waals surface area (Å²) in [6.07, 6.45) is 52.6. The SMILES string of the molecule is C1=CCC(c2cccc3c2S[C@H]2C3=CCC[C@H]2N(c2ccc(C3=C4OC5=C(C=CCC5)C4CC=C3)cc2)C2C=CC(C3C=CC=C4C=CCCC43)=C3CCCCC32)C=C1. The Hall–Kier alpha value is -4.73. The van der Waals surface area contributed by atoms with Gasteiger partial charge < -0.3 is 9.64 Å². The van der Waals surface area contributed by atoms with Crippen LogP contribution < -0.4 is 4.90 Å². The van der Waals surface area contributed by atoms with E-state index in [4.69, 9.17) is 4.74 Å². The molecule has 0 aromatic heterocycles. The van der Waals surface area contributed by atoms with Crippen LogP contribution in [0.3, 0.4) is 0 Å². The van der Waals surface area contributed by atoms with Gasteiger partial charge in [-0.15, -0.1) is 11.8 Å². The van der Waals surface area contributed by atoms with Crippen molar-refractivity contribution in [2.75, 3.05) is 4.90 Å². The summed E-state index contributed by atoms with van der Waals surface area (Å²) >= 11 is 2.18. The normalized spacial score (nSPS) is 32.2. The van der Waals surface area contributed by atoms with Crippen LogP contribution in [0.4, 0.5) is 5.69 Å². The molecule has 8 aliphatic carbocycles. The molecule has 2 heterocycles. The minimum Gasteiger partial charge on any atom is -0.464 e. The van der Waals surface area contributed by atoms with Crippen molar-refractivity contribution in [2.24, 2.45) is 23.7 Å². The van der Waals surface area contributed by atoms with Gasteiger partial charge in [0.2, 0.25) is 0 Å². The van der Waals surface area contributed by atoms with Gasteiger partial charge in [0, 0.05) is 57.9 Å². The van der Waals surface area contributed by atoms with E-state index >= 15 is 0 Å². The fourth-order valence-corrected chi connectivity index (χ4v) is 14.3. The van der Waals surface area contributed by atoms with E-state index in [0.29, 0.717) is 46.9 Å². The maximum Gasteiger partial charge on any atom is 0.119 e. The highest BCUT2D eigenvalue weighted by Crippen LogP contribution is 2.56. The lowest BCUT2D eigenvalue weighted by Crippen LogP contribution is -2.52. The molecule has 296 valence electrons. The average molecular weight is 790 g/mol. The zero-order valence-electron chi connectivity index (χ0n) is 34.1. The van der Waals surface area contributed by atoms with Crippen LogP contribution in [-0.2, 0) is 4.74 Å². The van der Waals surface area contributed by atoms with E-state index in [0.717, 1.165) is 37.9 Å². The summed E-state index contributed by atoms with van der Waals surface area (Å²) in [7, 11) is 0. The molecule has 3 heteroatoms. The summed E-state index contributed by atoms with van der Waals surface area (Å²) in [6.45, 7) is 0. The Morgan fingerprint density at radius 3 is 2.59 bits per heavy atom. The van der Waals surface area contributed by atoms with Crippen LogP contribution >= 0.6 is 11.8 Å². The molecule has 1 fully saturated rings. The van der Waals surface area contributed by atoms with Crippen molar-refractivity contribution >= 4 is 28.6 Å². The number of anilines is 1. The Labute approximate surface area is 355 Å². The first-order chi connectivity index (χ1) is 29.3. The lowest BCUT2D eigenvalue weighted by molar-refractivity contribution is 0.294. The molecule has 0 bridgehead atoms. The molecule has 0 saturated heterocycles. The van der Waals surface area contributed by atoms with Crippen LogP contribution in [0.2, 0.25) is 0 Å². The van der Waals surface area contributed by atoms with Crippen LogP contribution in [0.25, 0.3) is 11.1 Å². The molecule has 1 saturated carbocycles. The van der Waals surface area contributed by atoms with E-state index in [1.807, 2.05) is 0 Å². The second-order valence-electron chi connectivity index (χ2n) is 18.4. The van der Waals surface area contributed by atoms with Crippen molar-refractivity contribution in [3.05, 3.63) is 190 Å². The van der Waals surface area contributed by atoms with Crippen LogP contribution in [0, 0.1) is 23.7 Å². The Balaban J connectivity index is 0.932. The first kappa shape index (κ1) is 36.1. The van der Waals surface area contributed by atoms with Gasteiger partial charge >= 0.3 is 0 Å². The molecule has 6 unspecified atom stereocenters. The van der Waals surface area contributed by atoms with Gasteiger partial charge in [-0.1, -0.05) is 140 Å². The number of fused-ring (bicyclic) bond motifs is 7. The molecule has 0 radical (unpaired) electrons. The lowest BCUT2D eigenvalue weighted by atomic mass is 9.66. The third-order valence-corrected chi connectivity index (χ3v) is 16.8.